The topological polar surface area (TPSA) is 103 Å². The van der Waals surface area contributed by atoms with Gasteiger partial charge in [0.15, 0.2) is 6.61 Å². The number of amides is 1. The number of nitro groups is 1. The number of ether oxygens (including phenoxy) is 1. The molecule has 0 aliphatic carbocycles. The minimum absolute atomic E-state index is 0.0190. The van der Waals surface area contributed by atoms with E-state index in [0.29, 0.717) is 41.1 Å². The number of benzene rings is 2. The van der Waals surface area contributed by atoms with Gasteiger partial charge >= 0.3 is 5.97 Å². The van der Waals surface area contributed by atoms with Crippen molar-refractivity contribution in [2.75, 3.05) is 18.1 Å². The van der Waals surface area contributed by atoms with E-state index in [1.54, 1.807) is 24.3 Å². The van der Waals surface area contributed by atoms with Gasteiger partial charge in [-0.05, 0) is 48.7 Å². The van der Waals surface area contributed by atoms with Crippen molar-refractivity contribution in [3.63, 3.8) is 0 Å². The zero-order chi connectivity index (χ0) is 20.5. The molecule has 0 bridgehead atoms. The summed E-state index contributed by atoms with van der Waals surface area (Å²) in [5.74, 6) is -1.19. The Morgan fingerprint density at radius 3 is 2.83 bits per heavy atom. The molecule has 0 N–H and O–H groups in total. The Morgan fingerprint density at radius 1 is 1.21 bits per heavy atom. The van der Waals surface area contributed by atoms with Gasteiger partial charge in [-0.3, -0.25) is 14.9 Å². The van der Waals surface area contributed by atoms with Crippen LogP contribution in [-0.4, -0.2) is 30.0 Å². The van der Waals surface area contributed by atoms with Crippen LogP contribution in [-0.2, 0) is 16.0 Å². The van der Waals surface area contributed by atoms with Crippen LogP contribution < -0.4 is 4.90 Å². The zero-order valence-electron chi connectivity index (χ0n) is 15.1. The molecule has 1 aliphatic rings. The van der Waals surface area contributed by atoms with Crippen LogP contribution in [0.1, 0.15) is 22.5 Å². The van der Waals surface area contributed by atoms with Gasteiger partial charge in [-0.15, -0.1) is 0 Å². The Morgan fingerprint density at radius 2 is 2.03 bits per heavy atom. The number of rotatable bonds is 4. The van der Waals surface area contributed by atoms with Crippen molar-refractivity contribution in [3.8, 4) is 0 Å². The highest BCUT2D eigenvalue weighted by Crippen LogP contribution is 2.30. The Labute approximate surface area is 169 Å². The van der Waals surface area contributed by atoms with Crippen molar-refractivity contribution in [1.29, 1.82) is 0 Å². The number of non-ortho nitro benzene ring substituents is 1. The summed E-state index contributed by atoms with van der Waals surface area (Å²) < 4.78 is 10.5. The number of esters is 1. The number of fused-ring (bicyclic) bond motifs is 2. The number of furan rings is 1. The lowest BCUT2D eigenvalue weighted by molar-refractivity contribution is -0.384. The van der Waals surface area contributed by atoms with E-state index in [4.69, 9.17) is 20.8 Å². The standard InChI is InChI=1S/C20H15ClN2O6/c21-14-3-6-17-13(8-14)10-18(29-17)20(25)28-11-19(24)22-7-1-2-12-9-15(23(26)27)4-5-16(12)22/h3-6,8-10H,1-2,7,11H2. The maximum atomic E-state index is 12.6. The molecule has 8 nitrogen and oxygen atoms in total. The first-order valence-electron chi connectivity index (χ1n) is 8.86. The lowest BCUT2D eigenvalue weighted by Crippen LogP contribution is -2.38. The van der Waals surface area contributed by atoms with Crippen molar-refractivity contribution in [1.82, 2.24) is 0 Å². The quantitative estimate of drug-likeness (QED) is 0.361. The van der Waals surface area contributed by atoms with Crippen molar-refractivity contribution in [3.05, 3.63) is 68.9 Å². The van der Waals surface area contributed by atoms with Crippen molar-refractivity contribution >= 4 is 45.8 Å². The summed E-state index contributed by atoms with van der Waals surface area (Å²) in [6, 6.07) is 10.8. The van der Waals surface area contributed by atoms with Crippen LogP contribution in [0.5, 0.6) is 0 Å². The van der Waals surface area contributed by atoms with E-state index in [2.05, 4.69) is 0 Å². The molecule has 0 saturated carbocycles. The molecule has 29 heavy (non-hydrogen) atoms. The summed E-state index contributed by atoms with van der Waals surface area (Å²) >= 11 is 5.92. The number of hydrogen-bond acceptors (Lipinski definition) is 6. The third-order valence-electron chi connectivity index (χ3n) is 4.70. The number of nitrogens with zero attached hydrogens (tertiary/aromatic N) is 2. The van der Waals surface area contributed by atoms with Crippen LogP contribution in [0.4, 0.5) is 11.4 Å². The lowest BCUT2D eigenvalue weighted by Gasteiger charge is -2.29. The van der Waals surface area contributed by atoms with Gasteiger partial charge < -0.3 is 14.1 Å². The van der Waals surface area contributed by atoms with E-state index in [-0.39, 0.29) is 11.4 Å². The number of nitro benzene ring substituents is 1. The second-order valence-electron chi connectivity index (χ2n) is 6.59. The van der Waals surface area contributed by atoms with E-state index in [1.165, 1.54) is 23.1 Å². The first-order valence-corrected chi connectivity index (χ1v) is 9.24. The number of halogens is 1. The van der Waals surface area contributed by atoms with Crippen molar-refractivity contribution in [2.45, 2.75) is 12.8 Å². The molecule has 2 aromatic carbocycles. The molecule has 0 radical (unpaired) electrons. The molecule has 4 rings (SSSR count). The molecule has 0 atom stereocenters. The lowest BCUT2D eigenvalue weighted by atomic mass is 10.0. The number of carbonyl (C=O) groups is 2. The Balaban J connectivity index is 1.46. The predicted molar refractivity (Wildman–Crippen MR) is 105 cm³/mol. The summed E-state index contributed by atoms with van der Waals surface area (Å²) in [6.45, 7) is -0.0165. The highest BCUT2D eigenvalue weighted by Gasteiger charge is 2.25. The van der Waals surface area contributed by atoms with E-state index in [0.717, 1.165) is 5.56 Å². The summed E-state index contributed by atoms with van der Waals surface area (Å²) in [5, 5.41) is 12.1. The fourth-order valence-electron chi connectivity index (χ4n) is 3.35. The molecular formula is C20H15ClN2O6. The van der Waals surface area contributed by atoms with Crippen LogP contribution in [0, 0.1) is 10.1 Å². The third kappa shape index (κ3) is 3.79. The van der Waals surface area contributed by atoms with Gasteiger partial charge in [0.05, 0.1) is 4.92 Å². The first-order chi connectivity index (χ1) is 13.9. The highest BCUT2D eigenvalue weighted by molar-refractivity contribution is 6.31. The molecular weight excluding hydrogens is 400 g/mol. The van der Waals surface area contributed by atoms with Crippen LogP contribution in [0.2, 0.25) is 5.02 Å². The normalized spacial score (nSPS) is 13.2. The van der Waals surface area contributed by atoms with E-state index >= 15 is 0 Å². The van der Waals surface area contributed by atoms with Crippen molar-refractivity contribution < 1.29 is 23.7 Å². The SMILES string of the molecule is O=C(OCC(=O)N1CCCc2cc([N+](=O)[O-])ccc21)c1cc2cc(Cl)ccc2o1. The first kappa shape index (κ1) is 18.9. The van der Waals surface area contributed by atoms with Crippen molar-refractivity contribution in [2.24, 2.45) is 0 Å². The van der Waals surface area contributed by atoms with Crippen LogP contribution in [0.25, 0.3) is 11.0 Å². The molecule has 0 unspecified atom stereocenters. The number of aryl methyl sites for hydroxylation is 1. The van der Waals surface area contributed by atoms with Gasteiger partial charge in [-0.25, -0.2) is 4.79 Å². The zero-order valence-corrected chi connectivity index (χ0v) is 15.8. The molecule has 9 heteroatoms. The highest BCUT2D eigenvalue weighted by atomic mass is 35.5. The fraction of sp³-hybridized carbons (Fsp3) is 0.200. The molecule has 1 aromatic heterocycles. The second-order valence-corrected chi connectivity index (χ2v) is 7.02. The van der Waals surface area contributed by atoms with Crippen LogP contribution in [0.3, 0.4) is 0 Å². The third-order valence-corrected chi connectivity index (χ3v) is 4.93. The molecule has 0 fully saturated rings. The number of anilines is 1. The van der Waals surface area contributed by atoms with E-state index in [9.17, 15) is 19.7 Å². The maximum absolute atomic E-state index is 12.6. The molecule has 2 heterocycles. The monoisotopic (exact) mass is 414 g/mol. The van der Waals surface area contributed by atoms with E-state index in [1.807, 2.05) is 0 Å². The van der Waals surface area contributed by atoms with Crippen LogP contribution in [0.15, 0.2) is 46.9 Å². The van der Waals surface area contributed by atoms with Crippen LogP contribution >= 0.6 is 11.6 Å². The van der Waals surface area contributed by atoms with Gasteiger partial charge in [-0.2, -0.15) is 0 Å². The number of carbonyl (C=O) groups excluding carboxylic acids is 2. The molecule has 1 amide bonds. The van der Waals surface area contributed by atoms with Gasteiger partial charge in [0.1, 0.15) is 5.58 Å². The molecule has 1 aliphatic heterocycles. The molecule has 3 aromatic rings. The smallest absolute Gasteiger partial charge is 0.374 e. The minimum atomic E-state index is -0.758. The van der Waals surface area contributed by atoms with E-state index < -0.39 is 23.4 Å². The van der Waals surface area contributed by atoms with Gasteiger partial charge in [0, 0.05) is 34.8 Å². The predicted octanol–water partition coefficient (Wildman–Crippen LogP) is 4.13. The molecule has 0 spiro atoms. The summed E-state index contributed by atoms with van der Waals surface area (Å²) in [6.07, 6.45) is 1.31. The Bertz CT molecular complexity index is 1140. The fourth-order valence-corrected chi connectivity index (χ4v) is 3.53. The van der Waals surface area contributed by atoms with Gasteiger partial charge in [0.2, 0.25) is 5.76 Å². The Kier molecular flexibility index (Phi) is 4.94. The second kappa shape index (κ2) is 7.56. The van der Waals surface area contributed by atoms with Gasteiger partial charge in [0.25, 0.3) is 11.6 Å². The maximum Gasteiger partial charge on any atom is 0.374 e. The van der Waals surface area contributed by atoms with Gasteiger partial charge in [-0.1, -0.05) is 11.6 Å². The number of hydrogen-bond donors (Lipinski definition) is 0. The average molecular weight is 415 g/mol. The molecule has 148 valence electrons. The largest absolute Gasteiger partial charge is 0.450 e. The summed E-state index contributed by atoms with van der Waals surface area (Å²) in [4.78, 5) is 36.8. The summed E-state index contributed by atoms with van der Waals surface area (Å²) in [7, 11) is 0. The Hall–Kier alpha value is -3.39. The minimum Gasteiger partial charge on any atom is -0.450 e. The average Bonchev–Trinajstić information content (AvgIpc) is 3.14. The summed E-state index contributed by atoms with van der Waals surface area (Å²) in [5.41, 5.74) is 1.79. The molecule has 0 saturated heterocycles.